The van der Waals surface area contributed by atoms with Crippen molar-refractivity contribution in [3.8, 4) is 0 Å². The second-order valence-corrected chi connectivity index (χ2v) is 11.0. The quantitative estimate of drug-likeness (QED) is 0.556. The van der Waals surface area contributed by atoms with Gasteiger partial charge in [0.25, 0.3) is 0 Å². The summed E-state index contributed by atoms with van der Waals surface area (Å²) in [6, 6.07) is 5.60. The molecule has 1 aliphatic carbocycles. The van der Waals surface area contributed by atoms with Crippen LogP contribution in [0.3, 0.4) is 0 Å². The van der Waals surface area contributed by atoms with Crippen molar-refractivity contribution in [1.29, 1.82) is 0 Å². The Kier molecular flexibility index (Phi) is 8.21. The van der Waals surface area contributed by atoms with Crippen molar-refractivity contribution < 1.29 is 19.4 Å². The number of aliphatic hydroxyl groups excluding tert-OH is 1. The Balaban J connectivity index is 1.69. The van der Waals surface area contributed by atoms with E-state index in [1.807, 2.05) is 57.7 Å². The Bertz CT molecular complexity index is 725. The summed E-state index contributed by atoms with van der Waals surface area (Å²) in [5.41, 5.74) is -0.561. The molecule has 1 saturated carbocycles. The minimum absolute atomic E-state index is 0.00468. The molecule has 3 rings (SSSR count). The highest BCUT2D eigenvalue weighted by Gasteiger charge is 2.51. The number of nitrogens with zero attached hydrogens (tertiary/aromatic N) is 2. The molecule has 6 heteroatoms. The number of ether oxygens (including phenoxy) is 2. The van der Waals surface area contributed by atoms with E-state index in [1.54, 1.807) is 6.20 Å². The summed E-state index contributed by atoms with van der Waals surface area (Å²) in [6.45, 7) is 9.64. The number of amides is 1. The third-order valence-electron chi connectivity index (χ3n) is 6.67. The monoisotopic (exact) mass is 446 g/mol. The average Bonchev–Trinajstić information content (AvgIpc) is 2.97. The number of aliphatic hydroxyl groups is 1. The van der Waals surface area contributed by atoms with Crippen LogP contribution in [0.25, 0.3) is 0 Å². The van der Waals surface area contributed by atoms with E-state index >= 15 is 0 Å². The number of aromatic nitrogens is 1. The fourth-order valence-corrected chi connectivity index (χ4v) is 5.24. The van der Waals surface area contributed by atoms with Crippen LogP contribution >= 0.6 is 0 Å². The fourth-order valence-electron chi connectivity index (χ4n) is 5.24. The number of rotatable bonds is 7. The van der Waals surface area contributed by atoms with Gasteiger partial charge >= 0.3 is 6.09 Å². The van der Waals surface area contributed by atoms with E-state index in [-0.39, 0.29) is 18.2 Å². The third kappa shape index (κ3) is 6.67. The molecule has 32 heavy (non-hydrogen) atoms. The highest BCUT2D eigenvalue weighted by Crippen LogP contribution is 2.41. The molecule has 6 nitrogen and oxygen atoms in total. The van der Waals surface area contributed by atoms with E-state index in [0.29, 0.717) is 18.0 Å². The summed E-state index contributed by atoms with van der Waals surface area (Å²) in [5.74, 6) is 0.623. The van der Waals surface area contributed by atoms with Gasteiger partial charge in [-0.3, -0.25) is 9.88 Å². The molecule has 2 heterocycles. The Morgan fingerprint density at radius 1 is 1.28 bits per heavy atom. The third-order valence-corrected chi connectivity index (χ3v) is 6.67. The second kappa shape index (κ2) is 10.5. The zero-order valence-electron chi connectivity index (χ0n) is 20.5. The fraction of sp³-hybridized carbons (Fsp3) is 0.769. The predicted molar refractivity (Wildman–Crippen MR) is 125 cm³/mol. The van der Waals surface area contributed by atoms with Crippen LogP contribution in [0.4, 0.5) is 4.79 Å². The minimum Gasteiger partial charge on any atom is -0.444 e. The first-order valence-electron chi connectivity index (χ1n) is 12.4. The van der Waals surface area contributed by atoms with Gasteiger partial charge in [-0.15, -0.1) is 0 Å². The molecule has 1 aromatic heterocycles. The van der Waals surface area contributed by atoms with Crippen LogP contribution in [0.15, 0.2) is 24.4 Å². The zero-order valence-corrected chi connectivity index (χ0v) is 20.5. The molecule has 1 amide bonds. The first-order chi connectivity index (χ1) is 15.1. The van der Waals surface area contributed by atoms with Crippen molar-refractivity contribution in [3.63, 3.8) is 0 Å². The molecule has 1 aliphatic heterocycles. The zero-order chi connectivity index (χ0) is 23.4. The number of carbonyl (C=O) groups is 1. The molecule has 1 N–H and O–H groups in total. The molecule has 2 fully saturated rings. The average molecular weight is 447 g/mol. The summed E-state index contributed by atoms with van der Waals surface area (Å²) in [4.78, 5) is 19.3. The van der Waals surface area contributed by atoms with Crippen LogP contribution in [0.2, 0.25) is 0 Å². The first-order valence-corrected chi connectivity index (χ1v) is 12.4. The maximum Gasteiger partial charge on any atom is 0.412 e. The predicted octanol–water partition coefficient (Wildman–Crippen LogP) is 6.00. The van der Waals surface area contributed by atoms with Gasteiger partial charge in [-0.05, 0) is 78.4 Å². The maximum absolute atomic E-state index is 13.2. The minimum atomic E-state index is -0.716. The van der Waals surface area contributed by atoms with E-state index < -0.39 is 17.4 Å². The Labute approximate surface area is 193 Å². The lowest BCUT2D eigenvalue weighted by Crippen LogP contribution is -2.50. The summed E-state index contributed by atoms with van der Waals surface area (Å²) >= 11 is 0. The number of pyridine rings is 1. The molecule has 2 aliphatic rings. The Morgan fingerprint density at radius 2 is 2.00 bits per heavy atom. The highest BCUT2D eigenvalue weighted by atomic mass is 16.6. The summed E-state index contributed by atoms with van der Waals surface area (Å²) in [5, 5.41) is 10.5. The van der Waals surface area contributed by atoms with Gasteiger partial charge in [-0.2, -0.15) is 0 Å². The second-order valence-electron chi connectivity index (χ2n) is 11.0. The van der Waals surface area contributed by atoms with Crippen molar-refractivity contribution >= 4 is 6.09 Å². The molecular formula is C26H42N2O4. The largest absolute Gasteiger partial charge is 0.444 e. The van der Waals surface area contributed by atoms with Crippen LogP contribution < -0.4 is 0 Å². The van der Waals surface area contributed by atoms with Gasteiger partial charge in [-0.25, -0.2) is 4.79 Å². The van der Waals surface area contributed by atoms with Gasteiger partial charge in [0.05, 0.1) is 23.9 Å². The van der Waals surface area contributed by atoms with Gasteiger partial charge in [0.15, 0.2) is 0 Å². The van der Waals surface area contributed by atoms with E-state index in [1.165, 1.54) is 32.1 Å². The lowest BCUT2D eigenvalue weighted by molar-refractivity contribution is -0.0804. The van der Waals surface area contributed by atoms with E-state index in [4.69, 9.17) is 9.47 Å². The number of hydrogen-bond acceptors (Lipinski definition) is 5. The smallest absolute Gasteiger partial charge is 0.412 e. The Hall–Kier alpha value is -1.66. The molecule has 180 valence electrons. The molecule has 3 atom stereocenters. The first kappa shape index (κ1) is 25.0. The van der Waals surface area contributed by atoms with Gasteiger partial charge in [-0.1, -0.05) is 38.2 Å². The molecule has 0 aromatic carbocycles. The summed E-state index contributed by atoms with van der Waals surface area (Å²) in [6.07, 6.45) is 10.3. The van der Waals surface area contributed by atoms with Crippen molar-refractivity contribution in [2.45, 2.75) is 122 Å². The highest BCUT2D eigenvalue weighted by molar-refractivity contribution is 5.70. The number of carbonyl (C=O) groups excluding carboxylic acids is 1. The van der Waals surface area contributed by atoms with Crippen molar-refractivity contribution in [3.05, 3.63) is 30.1 Å². The molecule has 0 radical (unpaired) electrons. The maximum atomic E-state index is 13.2. The Morgan fingerprint density at radius 3 is 2.62 bits per heavy atom. The van der Waals surface area contributed by atoms with Crippen molar-refractivity contribution in [2.24, 2.45) is 5.92 Å². The molecule has 1 saturated heterocycles. The SMILES string of the molecule is CC(C)(C)OC(=O)N1[C@@H](CC2CCCCC2)[C@H](CCC[C@@H](O)c2ccccn2)OC1(C)C. The molecule has 1 aromatic rings. The van der Waals surface area contributed by atoms with Crippen LogP contribution in [0, 0.1) is 5.92 Å². The van der Waals surface area contributed by atoms with Crippen molar-refractivity contribution in [1.82, 2.24) is 9.88 Å². The summed E-state index contributed by atoms with van der Waals surface area (Å²) < 4.78 is 12.3. The lowest BCUT2D eigenvalue weighted by atomic mass is 9.83. The van der Waals surface area contributed by atoms with Gasteiger partial charge in [0.1, 0.15) is 11.3 Å². The van der Waals surface area contributed by atoms with E-state index in [0.717, 1.165) is 19.3 Å². The van der Waals surface area contributed by atoms with Gasteiger partial charge < -0.3 is 14.6 Å². The normalized spacial score (nSPS) is 25.0. The number of hydrogen-bond donors (Lipinski definition) is 1. The lowest BCUT2D eigenvalue weighted by Gasteiger charge is -2.37. The molecular weight excluding hydrogens is 404 g/mol. The molecule has 0 unspecified atom stereocenters. The van der Waals surface area contributed by atoms with Crippen LogP contribution in [-0.2, 0) is 9.47 Å². The molecule has 0 spiro atoms. The van der Waals surface area contributed by atoms with Crippen LogP contribution in [0.1, 0.15) is 104 Å². The summed E-state index contributed by atoms with van der Waals surface area (Å²) in [7, 11) is 0. The standard InChI is InChI=1S/C26H42N2O4/c1-25(2,3)32-24(30)28-21(18-19-12-7-6-8-13-19)23(31-26(28,4)5)16-11-15-22(29)20-14-9-10-17-27-20/h9-10,14,17,19,21-23,29H,6-8,11-13,15-16,18H2,1-5H3/t21-,22+,23-/m0/s1. The van der Waals surface area contributed by atoms with Crippen molar-refractivity contribution in [2.75, 3.05) is 0 Å². The van der Waals surface area contributed by atoms with E-state index in [9.17, 15) is 9.90 Å². The van der Waals surface area contributed by atoms with Gasteiger partial charge in [0, 0.05) is 6.20 Å². The van der Waals surface area contributed by atoms with E-state index in [2.05, 4.69) is 4.98 Å². The topological polar surface area (TPSA) is 71.9 Å². The van der Waals surface area contributed by atoms with Gasteiger partial charge in [0.2, 0.25) is 0 Å². The molecule has 0 bridgehead atoms. The van der Waals surface area contributed by atoms with Crippen LogP contribution in [0.5, 0.6) is 0 Å². The van der Waals surface area contributed by atoms with Crippen LogP contribution in [-0.4, -0.2) is 44.6 Å².